The number of nitrogens with zero attached hydrogens (tertiary/aromatic N) is 2. The maximum atomic E-state index is 9.27. The molecule has 0 aliphatic heterocycles. The Morgan fingerprint density at radius 1 is 1.26 bits per heavy atom. The van der Waals surface area contributed by atoms with E-state index in [0.29, 0.717) is 5.92 Å². The van der Waals surface area contributed by atoms with Gasteiger partial charge in [0.1, 0.15) is 0 Å². The Labute approximate surface area is 117 Å². The van der Waals surface area contributed by atoms with Crippen LogP contribution in [0.15, 0.2) is 24.3 Å². The number of benzene rings is 1. The maximum Gasteiger partial charge on any atom is 0.0703 e. The number of rotatable bonds is 5. The van der Waals surface area contributed by atoms with Crippen molar-refractivity contribution >= 4 is 0 Å². The normalized spacial score (nSPS) is 17.3. The third kappa shape index (κ3) is 3.36. The first-order valence-electron chi connectivity index (χ1n) is 7.23. The quantitative estimate of drug-likeness (QED) is 0.798. The molecule has 1 aliphatic rings. The zero-order valence-electron chi connectivity index (χ0n) is 12.3. The molecule has 0 aromatic heterocycles. The van der Waals surface area contributed by atoms with Crippen LogP contribution in [-0.2, 0) is 6.54 Å². The molecular weight excluding hydrogens is 232 g/mol. The average Bonchev–Trinajstić information content (AvgIpc) is 2.34. The molecule has 1 aromatic carbocycles. The Bertz CT molecular complexity index is 449. The SMILES string of the molecule is CC(C)c1ccc(CN(C)CC2(C#N)CCC2)cc1. The van der Waals surface area contributed by atoms with Gasteiger partial charge in [0, 0.05) is 13.1 Å². The van der Waals surface area contributed by atoms with Gasteiger partial charge in [0.2, 0.25) is 0 Å². The van der Waals surface area contributed by atoms with Crippen LogP contribution in [0.5, 0.6) is 0 Å². The Morgan fingerprint density at radius 3 is 2.32 bits per heavy atom. The maximum absolute atomic E-state index is 9.27. The molecular formula is C17H24N2. The van der Waals surface area contributed by atoms with Gasteiger partial charge in [-0.2, -0.15) is 5.26 Å². The van der Waals surface area contributed by atoms with E-state index in [1.165, 1.54) is 17.5 Å². The Balaban J connectivity index is 1.92. The van der Waals surface area contributed by atoms with Crippen LogP contribution in [0.1, 0.15) is 50.2 Å². The molecule has 2 nitrogen and oxygen atoms in total. The minimum atomic E-state index is -0.0629. The first-order valence-corrected chi connectivity index (χ1v) is 7.23. The molecule has 0 heterocycles. The highest BCUT2D eigenvalue weighted by Crippen LogP contribution is 2.40. The van der Waals surface area contributed by atoms with Crippen LogP contribution in [0, 0.1) is 16.7 Å². The van der Waals surface area contributed by atoms with Crippen LogP contribution in [0.3, 0.4) is 0 Å². The van der Waals surface area contributed by atoms with Crippen LogP contribution in [-0.4, -0.2) is 18.5 Å². The molecule has 0 spiro atoms. The second-order valence-corrected chi connectivity index (χ2v) is 6.31. The Kier molecular flexibility index (Phi) is 4.27. The summed E-state index contributed by atoms with van der Waals surface area (Å²) in [6, 6.07) is 11.4. The van der Waals surface area contributed by atoms with Crippen LogP contribution < -0.4 is 0 Å². The standard InChI is InChI=1S/C17H24N2/c1-14(2)16-7-5-15(6-8-16)11-19(3)13-17(12-18)9-4-10-17/h5-8,14H,4,9-11,13H2,1-3H3. The van der Waals surface area contributed by atoms with Crippen LogP contribution in [0.4, 0.5) is 0 Å². The molecule has 0 atom stereocenters. The molecule has 2 rings (SSSR count). The van der Waals surface area contributed by atoms with Crippen LogP contribution in [0.25, 0.3) is 0 Å². The highest BCUT2D eigenvalue weighted by atomic mass is 15.1. The number of hydrogen-bond acceptors (Lipinski definition) is 2. The molecule has 1 fully saturated rings. The van der Waals surface area contributed by atoms with E-state index in [0.717, 1.165) is 25.9 Å². The predicted octanol–water partition coefficient (Wildman–Crippen LogP) is 3.94. The first kappa shape index (κ1) is 14.1. The molecule has 1 saturated carbocycles. The Morgan fingerprint density at radius 2 is 1.89 bits per heavy atom. The average molecular weight is 256 g/mol. The summed E-state index contributed by atoms with van der Waals surface area (Å²) in [5.41, 5.74) is 2.66. The predicted molar refractivity (Wildman–Crippen MR) is 78.8 cm³/mol. The summed E-state index contributed by atoms with van der Waals surface area (Å²) in [5, 5.41) is 9.27. The third-order valence-electron chi connectivity index (χ3n) is 4.22. The lowest BCUT2D eigenvalue weighted by molar-refractivity contribution is 0.134. The summed E-state index contributed by atoms with van der Waals surface area (Å²) in [5.74, 6) is 0.587. The highest BCUT2D eigenvalue weighted by molar-refractivity contribution is 5.24. The molecule has 0 unspecified atom stereocenters. The van der Waals surface area contributed by atoms with Gasteiger partial charge in [0.15, 0.2) is 0 Å². The van der Waals surface area contributed by atoms with Gasteiger partial charge in [-0.1, -0.05) is 44.5 Å². The van der Waals surface area contributed by atoms with E-state index in [1.807, 2.05) is 0 Å². The van der Waals surface area contributed by atoms with Gasteiger partial charge in [-0.3, -0.25) is 0 Å². The lowest BCUT2D eigenvalue weighted by atomic mass is 9.69. The molecule has 0 radical (unpaired) electrons. The van der Waals surface area contributed by atoms with Gasteiger partial charge in [-0.15, -0.1) is 0 Å². The summed E-state index contributed by atoms with van der Waals surface area (Å²) in [7, 11) is 2.12. The van der Waals surface area contributed by atoms with Gasteiger partial charge in [-0.25, -0.2) is 0 Å². The van der Waals surface area contributed by atoms with E-state index in [2.05, 4.69) is 56.1 Å². The molecule has 0 N–H and O–H groups in total. The fraction of sp³-hybridized carbons (Fsp3) is 0.588. The molecule has 1 aliphatic carbocycles. The summed E-state index contributed by atoms with van der Waals surface area (Å²) < 4.78 is 0. The summed E-state index contributed by atoms with van der Waals surface area (Å²) in [4.78, 5) is 2.28. The Hall–Kier alpha value is -1.33. The first-order chi connectivity index (χ1) is 9.04. The molecule has 0 amide bonds. The van der Waals surface area contributed by atoms with E-state index in [1.54, 1.807) is 0 Å². The third-order valence-corrected chi connectivity index (χ3v) is 4.22. The van der Waals surface area contributed by atoms with E-state index < -0.39 is 0 Å². The van der Waals surface area contributed by atoms with Crippen molar-refractivity contribution in [2.45, 2.75) is 45.6 Å². The van der Waals surface area contributed by atoms with E-state index in [-0.39, 0.29) is 5.41 Å². The highest BCUT2D eigenvalue weighted by Gasteiger charge is 2.37. The largest absolute Gasteiger partial charge is 0.301 e. The van der Waals surface area contributed by atoms with Crippen LogP contribution >= 0.6 is 0 Å². The van der Waals surface area contributed by atoms with Crippen molar-refractivity contribution in [3.8, 4) is 6.07 Å². The fourth-order valence-corrected chi connectivity index (χ4v) is 2.80. The lowest BCUT2D eigenvalue weighted by Crippen LogP contribution is -2.39. The van der Waals surface area contributed by atoms with E-state index in [4.69, 9.17) is 0 Å². The van der Waals surface area contributed by atoms with E-state index >= 15 is 0 Å². The molecule has 1 aromatic rings. The van der Waals surface area contributed by atoms with Crippen molar-refractivity contribution in [3.63, 3.8) is 0 Å². The topological polar surface area (TPSA) is 27.0 Å². The van der Waals surface area contributed by atoms with Crippen molar-refractivity contribution in [2.75, 3.05) is 13.6 Å². The lowest BCUT2D eigenvalue weighted by Gasteiger charge is -2.38. The number of hydrogen-bond donors (Lipinski definition) is 0. The second-order valence-electron chi connectivity index (χ2n) is 6.31. The van der Waals surface area contributed by atoms with Crippen LogP contribution in [0.2, 0.25) is 0 Å². The van der Waals surface area contributed by atoms with Gasteiger partial charge in [-0.05, 0) is 36.9 Å². The van der Waals surface area contributed by atoms with Gasteiger partial charge < -0.3 is 4.90 Å². The van der Waals surface area contributed by atoms with Crippen molar-refractivity contribution < 1.29 is 0 Å². The molecule has 102 valence electrons. The van der Waals surface area contributed by atoms with E-state index in [9.17, 15) is 5.26 Å². The minimum absolute atomic E-state index is 0.0629. The monoisotopic (exact) mass is 256 g/mol. The van der Waals surface area contributed by atoms with Crippen molar-refractivity contribution in [1.29, 1.82) is 5.26 Å². The van der Waals surface area contributed by atoms with Gasteiger partial charge >= 0.3 is 0 Å². The van der Waals surface area contributed by atoms with Gasteiger partial charge in [0.25, 0.3) is 0 Å². The summed E-state index contributed by atoms with van der Waals surface area (Å²) >= 11 is 0. The van der Waals surface area contributed by atoms with Crippen molar-refractivity contribution in [1.82, 2.24) is 4.90 Å². The summed E-state index contributed by atoms with van der Waals surface area (Å²) in [6.45, 7) is 6.26. The summed E-state index contributed by atoms with van der Waals surface area (Å²) in [6.07, 6.45) is 3.35. The zero-order valence-corrected chi connectivity index (χ0v) is 12.3. The fourth-order valence-electron chi connectivity index (χ4n) is 2.80. The number of nitriles is 1. The smallest absolute Gasteiger partial charge is 0.0703 e. The zero-order chi connectivity index (χ0) is 13.9. The van der Waals surface area contributed by atoms with Gasteiger partial charge in [0.05, 0.1) is 11.5 Å². The van der Waals surface area contributed by atoms with Crippen molar-refractivity contribution in [2.24, 2.45) is 5.41 Å². The molecule has 0 saturated heterocycles. The molecule has 0 bridgehead atoms. The van der Waals surface area contributed by atoms with Crippen molar-refractivity contribution in [3.05, 3.63) is 35.4 Å². The minimum Gasteiger partial charge on any atom is -0.301 e. The molecule has 2 heteroatoms. The molecule has 19 heavy (non-hydrogen) atoms. The second kappa shape index (κ2) is 5.75.